The van der Waals surface area contributed by atoms with Crippen LogP contribution in [0.15, 0.2) is 18.2 Å². The molecule has 2 N–H and O–H groups in total. The third kappa shape index (κ3) is 1.70. The number of hydrogen-bond donors (Lipinski definition) is 1. The molecule has 3 nitrogen and oxygen atoms in total. The van der Waals surface area contributed by atoms with Gasteiger partial charge in [-0.15, -0.1) is 0 Å². The molecule has 1 aromatic rings. The Morgan fingerprint density at radius 3 is 2.82 bits per heavy atom. The first kappa shape index (κ1) is 10.6. The topological polar surface area (TPSA) is 46.3 Å². The van der Waals surface area contributed by atoms with Crippen molar-refractivity contribution in [3.8, 4) is 0 Å². The maximum atomic E-state index is 12.4. The molecule has 2 bridgehead atoms. The number of carbonyl (C=O) groups excluding carboxylic acids is 1. The Bertz CT molecular complexity index is 469. The molecule has 0 aromatic heterocycles. The number of nitrogen functional groups attached to an aromatic ring is 1. The summed E-state index contributed by atoms with van der Waals surface area (Å²) in [6.45, 7) is 2.90. The summed E-state index contributed by atoms with van der Waals surface area (Å²) in [6, 6.07) is 6.07. The van der Waals surface area contributed by atoms with Gasteiger partial charge in [-0.2, -0.15) is 0 Å². The van der Waals surface area contributed by atoms with Crippen LogP contribution in [0, 0.1) is 12.8 Å². The molecule has 0 radical (unpaired) electrons. The zero-order valence-electron chi connectivity index (χ0n) is 10.1. The smallest absolute Gasteiger partial charge is 0.254 e. The highest BCUT2D eigenvalue weighted by Gasteiger charge is 2.40. The second-order valence-electron chi connectivity index (χ2n) is 5.36. The Morgan fingerprint density at radius 1 is 1.41 bits per heavy atom. The molecular weight excluding hydrogens is 212 g/mol. The van der Waals surface area contributed by atoms with Gasteiger partial charge in [0.25, 0.3) is 5.91 Å². The number of anilines is 1. The van der Waals surface area contributed by atoms with Gasteiger partial charge in [0.05, 0.1) is 0 Å². The summed E-state index contributed by atoms with van der Waals surface area (Å²) in [7, 11) is 0. The normalized spacial score (nSPS) is 26.5. The molecule has 1 saturated carbocycles. The van der Waals surface area contributed by atoms with Crippen LogP contribution in [0.5, 0.6) is 0 Å². The molecule has 3 rings (SSSR count). The zero-order valence-corrected chi connectivity index (χ0v) is 10.1. The van der Waals surface area contributed by atoms with Crippen LogP contribution >= 0.6 is 0 Å². The van der Waals surface area contributed by atoms with E-state index in [0.717, 1.165) is 29.3 Å². The van der Waals surface area contributed by atoms with Crippen molar-refractivity contribution in [1.29, 1.82) is 0 Å². The number of amides is 1. The minimum Gasteiger partial charge on any atom is -0.399 e. The number of nitrogens with two attached hydrogens (primary N) is 1. The van der Waals surface area contributed by atoms with Crippen LogP contribution in [0.1, 0.15) is 35.2 Å². The summed E-state index contributed by atoms with van der Waals surface area (Å²) in [4.78, 5) is 14.4. The molecule has 1 saturated heterocycles. The van der Waals surface area contributed by atoms with E-state index in [9.17, 15) is 4.79 Å². The Balaban J connectivity index is 1.84. The van der Waals surface area contributed by atoms with Crippen LogP contribution in [0.4, 0.5) is 5.69 Å². The lowest BCUT2D eigenvalue weighted by Crippen LogP contribution is -2.37. The lowest BCUT2D eigenvalue weighted by Gasteiger charge is -2.27. The molecule has 1 heterocycles. The number of rotatable bonds is 1. The van der Waals surface area contributed by atoms with Gasteiger partial charge in [0.1, 0.15) is 0 Å². The van der Waals surface area contributed by atoms with E-state index in [4.69, 9.17) is 5.73 Å². The fraction of sp³-hybridized carbons (Fsp3) is 0.500. The van der Waals surface area contributed by atoms with Gasteiger partial charge in [0, 0.05) is 23.8 Å². The number of aryl methyl sites for hydroxylation is 1. The molecule has 1 aliphatic carbocycles. The molecule has 2 fully saturated rings. The van der Waals surface area contributed by atoms with Crippen molar-refractivity contribution in [2.75, 3.05) is 12.3 Å². The van der Waals surface area contributed by atoms with Gasteiger partial charge in [-0.1, -0.05) is 0 Å². The van der Waals surface area contributed by atoms with Crippen molar-refractivity contribution >= 4 is 11.6 Å². The summed E-state index contributed by atoms with van der Waals surface area (Å²) in [6.07, 6.45) is 3.69. The second kappa shape index (κ2) is 3.76. The van der Waals surface area contributed by atoms with E-state index < -0.39 is 0 Å². The van der Waals surface area contributed by atoms with Crippen molar-refractivity contribution in [3.63, 3.8) is 0 Å². The minimum absolute atomic E-state index is 0.181. The summed E-state index contributed by atoms with van der Waals surface area (Å²) in [5.41, 5.74) is 8.30. The first-order valence-electron chi connectivity index (χ1n) is 6.32. The second-order valence-corrected chi connectivity index (χ2v) is 5.36. The number of nitrogens with zero attached hydrogens (tertiary/aromatic N) is 1. The average Bonchev–Trinajstić information content (AvgIpc) is 2.93. The van der Waals surface area contributed by atoms with E-state index >= 15 is 0 Å². The molecule has 17 heavy (non-hydrogen) atoms. The van der Waals surface area contributed by atoms with Gasteiger partial charge in [-0.25, -0.2) is 0 Å². The first-order chi connectivity index (χ1) is 8.15. The van der Waals surface area contributed by atoms with E-state index in [1.165, 1.54) is 19.3 Å². The van der Waals surface area contributed by atoms with Crippen LogP contribution in [-0.2, 0) is 0 Å². The molecule has 0 spiro atoms. The SMILES string of the molecule is Cc1cc(C(=O)N2CC3CCC2C3)ccc1N. The lowest BCUT2D eigenvalue weighted by atomic mass is 10.1. The number of likely N-dealkylation sites (tertiary alicyclic amines) is 1. The summed E-state index contributed by atoms with van der Waals surface area (Å²) >= 11 is 0. The van der Waals surface area contributed by atoms with Gasteiger partial charge in [0.15, 0.2) is 0 Å². The highest BCUT2D eigenvalue weighted by Crippen LogP contribution is 2.38. The number of piperidine rings is 1. The molecule has 1 aromatic carbocycles. The summed E-state index contributed by atoms with van der Waals surface area (Å²) in [5.74, 6) is 0.930. The number of carbonyl (C=O) groups is 1. The Labute approximate surface area is 102 Å². The van der Waals surface area contributed by atoms with Crippen molar-refractivity contribution < 1.29 is 4.79 Å². The maximum Gasteiger partial charge on any atom is 0.254 e. The van der Waals surface area contributed by atoms with Gasteiger partial charge < -0.3 is 10.6 Å². The number of benzene rings is 1. The molecule has 1 amide bonds. The third-order valence-electron chi connectivity index (χ3n) is 4.19. The first-order valence-corrected chi connectivity index (χ1v) is 6.32. The summed E-state index contributed by atoms with van der Waals surface area (Å²) in [5, 5.41) is 0. The highest BCUT2D eigenvalue weighted by atomic mass is 16.2. The van der Waals surface area contributed by atoms with Crippen molar-refractivity contribution in [2.24, 2.45) is 5.92 Å². The predicted molar refractivity (Wildman–Crippen MR) is 67.8 cm³/mol. The van der Waals surface area contributed by atoms with E-state index in [1.807, 2.05) is 25.1 Å². The van der Waals surface area contributed by atoms with E-state index in [1.54, 1.807) is 0 Å². The average molecular weight is 230 g/mol. The van der Waals surface area contributed by atoms with E-state index in [-0.39, 0.29) is 5.91 Å². The fourth-order valence-electron chi connectivity index (χ4n) is 3.15. The van der Waals surface area contributed by atoms with Crippen LogP contribution in [0.25, 0.3) is 0 Å². The predicted octanol–water partition coefficient (Wildman–Crippen LogP) is 2.20. The van der Waals surface area contributed by atoms with Crippen LogP contribution < -0.4 is 5.73 Å². The zero-order chi connectivity index (χ0) is 12.0. The Kier molecular flexibility index (Phi) is 2.35. The fourth-order valence-corrected chi connectivity index (χ4v) is 3.15. The van der Waals surface area contributed by atoms with E-state index in [2.05, 4.69) is 4.90 Å². The summed E-state index contributed by atoms with van der Waals surface area (Å²) < 4.78 is 0. The largest absolute Gasteiger partial charge is 0.399 e. The minimum atomic E-state index is 0.181. The molecule has 1 aliphatic heterocycles. The molecule has 3 heteroatoms. The van der Waals surface area contributed by atoms with Crippen LogP contribution in [0.3, 0.4) is 0 Å². The molecule has 2 atom stereocenters. The van der Waals surface area contributed by atoms with Gasteiger partial charge in [-0.3, -0.25) is 4.79 Å². The molecule has 90 valence electrons. The molecule has 2 unspecified atom stereocenters. The maximum absolute atomic E-state index is 12.4. The lowest BCUT2D eigenvalue weighted by molar-refractivity contribution is 0.0703. The Hall–Kier alpha value is -1.51. The van der Waals surface area contributed by atoms with Gasteiger partial charge >= 0.3 is 0 Å². The molecule has 2 aliphatic rings. The van der Waals surface area contributed by atoms with Crippen molar-refractivity contribution in [2.45, 2.75) is 32.2 Å². The monoisotopic (exact) mass is 230 g/mol. The van der Waals surface area contributed by atoms with Crippen molar-refractivity contribution in [1.82, 2.24) is 4.90 Å². The number of hydrogen-bond acceptors (Lipinski definition) is 2. The highest BCUT2D eigenvalue weighted by molar-refractivity contribution is 5.95. The quantitative estimate of drug-likeness (QED) is 0.752. The van der Waals surface area contributed by atoms with E-state index in [0.29, 0.717) is 6.04 Å². The Morgan fingerprint density at radius 2 is 2.24 bits per heavy atom. The van der Waals surface area contributed by atoms with Crippen LogP contribution in [0.2, 0.25) is 0 Å². The number of fused-ring (bicyclic) bond motifs is 2. The van der Waals surface area contributed by atoms with Gasteiger partial charge in [0.2, 0.25) is 0 Å². The molecular formula is C14H18N2O. The van der Waals surface area contributed by atoms with Crippen LogP contribution in [-0.4, -0.2) is 23.4 Å². The third-order valence-corrected chi connectivity index (χ3v) is 4.19. The van der Waals surface area contributed by atoms with Gasteiger partial charge in [-0.05, 0) is 55.9 Å². The standard InChI is InChI=1S/C14H18N2O/c1-9-6-11(3-5-13(9)15)14(17)16-8-10-2-4-12(16)7-10/h3,5-6,10,12H,2,4,7-8,15H2,1H3. The van der Waals surface area contributed by atoms with Crippen molar-refractivity contribution in [3.05, 3.63) is 29.3 Å².